The summed E-state index contributed by atoms with van der Waals surface area (Å²) in [6, 6.07) is 3.03. The Kier molecular flexibility index (Phi) is 9.11. The first-order valence-corrected chi connectivity index (χ1v) is 19.6. The number of hydrogen-bond acceptors (Lipinski definition) is 7. The molecule has 0 spiro atoms. The maximum absolute atomic E-state index is 6.31. The normalized spacial score (nSPS) is 12.9. The van der Waals surface area contributed by atoms with E-state index in [1.807, 2.05) is 16.8 Å². The molecule has 3 aromatic heterocycles. The summed E-state index contributed by atoms with van der Waals surface area (Å²) in [5.74, 6) is 1.11. The molecule has 0 radical (unpaired) electrons. The number of hydrogen-bond donors (Lipinski definition) is 0. The van der Waals surface area contributed by atoms with E-state index in [0.717, 1.165) is 32.9 Å². The summed E-state index contributed by atoms with van der Waals surface area (Å²) in [4.78, 5) is 17.9. The van der Waals surface area contributed by atoms with Crippen molar-refractivity contribution in [3.63, 3.8) is 0 Å². The molecule has 0 fully saturated rings. The third-order valence-corrected chi connectivity index (χ3v) is 13.3. The lowest BCUT2D eigenvalue weighted by atomic mass is 10.2. The van der Waals surface area contributed by atoms with Crippen molar-refractivity contribution < 1.29 is 13.9 Å². The maximum atomic E-state index is 6.31. The summed E-state index contributed by atoms with van der Waals surface area (Å²) in [7, 11) is -2.98. The van der Waals surface area contributed by atoms with E-state index in [1.54, 1.807) is 6.20 Å². The Morgan fingerprint density at radius 2 is 1.77 bits per heavy atom. The zero-order valence-corrected chi connectivity index (χ0v) is 26.3. The van der Waals surface area contributed by atoms with E-state index in [4.69, 9.17) is 13.9 Å². The fourth-order valence-electron chi connectivity index (χ4n) is 2.99. The summed E-state index contributed by atoms with van der Waals surface area (Å²) in [5, 5.41) is 1.02. The molecule has 0 aromatic carbocycles. The van der Waals surface area contributed by atoms with Gasteiger partial charge in [-0.25, -0.2) is 19.9 Å². The number of rotatable bonds is 11. The molecule has 192 valence electrons. The molecule has 0 aliphatic heterocycles. The van der Waals surface area contributed by atoms with E-state index >= 15 is 0 Å². The van der Waals surface area contributed by atoms with Crippen LogP contribution < -0.4 is 4.74 Å². The van der Waals surface area contributed by atoms with Crippen molar-refractivity contribution in [2.24, 2.45) is 0 Å². The van der Waals surface area contributed by atoms with Crippen molar-refractivity contribution in [3.05, 3.63) is 39.9 Å². The lowest BCUT2D eigenvalue weighted by Gasteiger charge is -2.36. The fourth-order valence-corrected chi connectivity index (χ4v) is 5.50. The quantitative estimate of drug-likeness (QED) is 0.141. The minimum atomic E-state index is -1.85. The number of halogens is 1. The highest BCUT2D eigenvalue weighted by Crippen LogP contribution is 2.37. The molecule has 35 heavy (non-hydrogen) atoms. The van der Waals surface area contributed by atoms with Crippen molar-refractivity contribution in [3.8, 4) is 5.88 Å². The first-order valence-electron chi connectivity index (χ1n) is 11.9. The predicted molar refractivity (Wildman–Crippen MR) is 153 cm³/mol. The molecule has 0 aliphatic carbocycles. The Balaban J connectivity index is 1.66. The Hall–Kier alpha value is -1.42. The van der Waals surface area contributed by atoms with E-state index < -0.39 is 16.4 Å². The molecule has 0 saturated carbocycles. The van der Waals surface area contributed by atoms with E-state index in [2.05, 4.69) is 96.0 Å². The third kappa shape index (κ3) is 7.78. The summed E-state index contributed by atoms with van der Waals surface area (Å²) in [6.07, 6.45) is 5.30. The number of ether oxygens (including phenoxy) is 2. The van der Waals surface area contributed by atoms with Gasteiger partial charge in [-0.1, -0.05) is 40.4 Å². The van der Waals surface area contributed by atoms with Crippen molar-refractivity contribution in [1.82, 2.24) is 24.5 Å². The maximum Gasteiger partial charge on any atom is 0.227 e. The fraction of sp³-hybridized carbons (Fsp3) is 0.583. The second-order valence-electron chi connectivity index (χ2n) is 11.5. The van der Waals surface area contributed by atoms with Gasteiger partial charge >= 0.3 is 0 Å². The van der Waals surface area contributed by atoms with Gasteiger partial charge in [0.15, 0.2) is 14.1 Å². The second kappa shape index (κ2) is 11.3. The molecular formula is C24H38IN5O3Si2. The van der Waals surface area contributed by atoms with Crippen molar-refractivity contribution in [2.75, 3.05) is 6.61 Å². The van der Waals surface area contributed by atoms with Crippen molar-refractivity contribution >= 4 is 50.0 Å². The highest BCUT2D eigenvalue weighted by atomic mass is 127. The number of fused-ring (bicyclic) bond motifs is 1. The molecule has 11 heteroatoms. The van der Waals surface area contributed by atoms with Crippen LogP contribution in [0.3, 0.4) is 0 Å². The number of aromatic nitrogens is 5. The van der Waals surface area contributed by atoms with Crippen molar-refractivity contribution in [2.45, 2.75) is 84.5 Å². The van der Waals surface area contributed by atoms with Crippen LogP contribution in [0.15, 0.2) is 24.8 Å². The van der Waals surface area contributed by atoms with Gasteiger partial charge in [-0.05, 0) is 52.8 Å². The molecule has 3 aromatic rings. The van der Waals surface area contributed by atoms with Crippen LogP contribution in [-0.4, -0.2) is 47.5 Å². The van der Waals surface area contributed by atoms with E-state index in [0.29, 0.717) is 25.0 Å². The molecule has 0 atom stereocenters. The molecular weight excluding hydrogens is 589 g/mol. The smallest absolute Gasteiger partial charge is 0.227 e. The molecule has 0 unspecified atom stereocenters. The van der Waals surface area contributed by atoms with Crippen LogP contribution in [0, 0.1) is 3.57 Å². The van der Waals surface area contributed by atoms with Crippen LogP contribution in [0.1, 0.15) is 32.3 Å². The lowest BCUT2D eigenvalue weighted by Crippen LogP contribution is -2.40. The zero-order valence-electron chi connectivity index (χ0n) is 22.2. The van der Waals surface area contributed by atoms with Crippen LogP contribution in [0.4, 0.5) is 0 Å². The van der Waals surface area contributed by atoms with E-state index in [-0.39, 0.29) is 11.6 Å². The Morgan fingerprint density at radius 1 is 1.03 bits per heavy atom. The summed E-state index contributed by atoms with van der Waals surface area (Å²) in [6.45, 7) is 20.1. The van der Waals surface area contributed by atoms with Gasteiger partial charge < -0.3 is 18.5 Å². The Morgan fingerprint density at radius 3 is 2.46 bits per heavy atom. The van der Waals surface area contributed by atoms with Gasteiger partial charge in [0.1, 0.15) is 25.3 Å². The van der Waals surface area contributed by atoms with E-state index in [9.17, 15) is 0 Å². The number of nitrogens with zero attached hydrogens (tertiary/aromatic N) is 5. The van der Waals surface area contributed by atoms with E-state index in [1.165, 1.54) is 6.33 Å². The van der Waals surface area contributed by atoms with Crippen LogP contribution >= 0.6 is 22.6 Å². The van der Waals surface area contributed by atoms with Crippen LogP contribution in [0.2, 0.25) is 43.8 Å². The second-order valence-corrected chi connectivity index (χ2v) is 23.1. The molecule has 0 saturated heterocycles. The van der Waals surface area contributed by atoms with Gasteiger partial charge in [-0.15, -0.1) is 0 Å². The Labute approximate surface area is 224 Å². The molecule has 0 aliphatic rings. The van der Waals surface area contributed by atoms with Crippen LogP contribution in [0.25, 0.3) is 11.0 Å². The first kappa shape index (κ1) is 28.2. The van der Waals surface area contributed by atoms with Gasteiger partial charge in [-0.3, -0.25) is 0 Å². The molecule has 0 amide bonds. The topological polar surface area (TPSA) is 84.2 Å². The largest absolute Gasteiger partial charge is 0.469 e. The molecule has 3 rings (SSSR count). The molecule has 3 heterocycles. The molecule has 0 bridgehead atoms. The standard InChI is InChI=1S/C24H38IN5O3Si2/c1-24(2,3)35(7,8)33-14-18-9-10-26-20(29-18)15-32-23-21-19(25)13-30(22(21)27-16-28-23)17-31-11-12-34(4,5)6/h9-10,13,16H,11-12,14-15,17H2,1-8H3. The molecule has 8 nitrogen and oxygen atoms in total. The van der Waals surface area contributed by atoms with Gasteiger partial charge in [0.25, 0.3) is 0 Å². The summed E-state index contributed by atoms with van der Waals surface area (Å²) >= 11 is 2.29. The summed E-state index contributed by atoms with van der Waals surface area (Å²) < 4.78 is 21.3. The van der Waals surface area contributed by atoms with Crippen molar-refractivity contribution in [1.29, 1.82) is 0 Å². The lowest BCUT2D eigenvalue weighted by molar-refractivity contribution is 0.0898. The first-order chi connectivity index (χ1) is 16.3. The molecule has 0 N–H and O–H groups in total. The predicted octanol–water partition coefficient (Wildman–Crippen LogP) is 6.24. The average molecular weight is 628 g/mol. The summed E-state index contributed by atoms with van der Waals surface area (Å²) in [5.41, 5.74) is 1.65. The highest BCUT2D eigenvalue weighted by Gasteiger charge is 2.37. The minimum absolute atomic E-state index is 0.150. The minimum Gasteiger partial charge on any atom is -0.469 e. The van der Waals surface area contributed by atoms with Gasteiger partial charge in [0.05, 0.1) is 17.7 Å². The van der Waals surface area contributed by atoms with Crippen LogP contribution in [-0.2, 0) is 29.1 Å². The van der Waals surface area contributed by atoms with Gasteiger partial charge in [0.2, 0.25) is 5.88 Å². The van der Waals surface area contributed by atoms with Gasteiger partial charge in [-0.2, -0.15) is 0 Å². The monoisotopic (exact) mass is 627 g/mol. The average Bonchev–Trinajstić information content (AvgIpc) is 3.09. The Bertz CT molecular complexity index is 1140. The third-order valence-electron chi connectivity index (χ3n) is 6.29. The van der Waals surface area contributed by atoms with Crippen LogP contribution in [0.5, 0.6) is 5.88 Å². The SMILES string of the molecule is CC(C)(C)[Si](C)(C)OCc1ccnc(COc2ncnc3c2c(I)cn3COCC[Si](C)(C)C)n1. The van der Waals surface area contributed by atoms with Gasteiger partial charge in [0, 0.05) is 30.6 Å². The zero-order chi connectivity index (χ0) is 25.9. The highest BCUT2D eigenvalue weighted by molar-refractivity contribution is 14.1.